The van der Waals surface area contributed by atoms with E-state index < -0.39 is 9.84 Å². The maximum absolute atomic E-state index is 13.3. The molecule has 4 aliphatic rings. The molecule has 1 atom stereocenters. The molecule has 3 amide bonds. The molecule has 3 aromatic heterocycles. The summed E-state index contributed by atoms with van der Waals surface area (Å²) in [6.45, 7) is 4.49. The average Bonchev–Trinajstić information content (AvgIpc) is 4.07. The van der Waals surface area contributed by atoms with Crippen molar-refractivity contribution in [1.82, 2.24) is 35.2 Å². The van der Waals surface area contributed by atoms with Crippen molar-refractivity contribution in [2.45, 2.75) is 69.1 Å². The molecular formula is C36H40N10O5S. The monoisotopic (exact) mass is 724 g/mol. The highest BCUT2D eigenvalue weighted by atomic mass is 32.2. The minimum atomic E-state index is -3.54. The van der Waals surface area contributed by atoms with Gasteiger partial charge in [-0.25, -0.2) is 13.4 Å². The fourth-order valence-corrected chi connectivity index (χ4v) is 7.78. The zero-order chi connectivity index (χ0) is 36.3. The molecule has 3 N–H and O–H groups in total. The third kappa shape index (κ3) is 6.14. The Balaban J connectivity index is 1.07. The predicted molar refractivity (Wildman–Crippen MR) is 193 cm³/mol. The highest BCUT2D eigenvalue weighted by molar-refractivity contribution is 7.91. The number of benzene rings is 1. The first-order valence-electron chi connectivity index (χ1n) is 17.8. The topological polar surface area (TPSA) is 184 Å². The van der Waals surface area contributed by atoms with E-state index >= 15 is 0 Å². The minimum absolute atomic E-state index is 0.0174. The lowest BCUT2D eigenvalue weighted by Gasteiger charge is -2.43. The Bertz CT molecular complexity index is 2210. The summed E-state index contributed by atoms with van der Waals surface area (Å²) in [4.78, 5) is 47.2. The number of carbonyl (C=O) groups excluding carboxylic acids is 3. The average molecular weight is 725 g/mol. The summed E-state index contributed by atoms with van der Waals surface area (Å²) in [5.74, 6) is -0.582. The Labute approximate surface area is 301 Å². The molecule has 8 rings (SSSR count). The van der Waals surface area contributed by atoms with Gasteiger partial charge in [0.2, 0.25) is 5.91 Å². The Morgan fingerprint density at radius 3 is 2.42 bits per heavy atom. The van der Waals surface area contributed by atoms with Crippen LogP contribution >= 0.6 is 0 Å². The number of aromatic nitrogens is 5. The van der Waals surface area contributed by atoms with Gasteiger partial charge < -0.3 is 25.8 Å². The lowest BCUT2D eigenvalue weighted by atomic mass is 9.91. The molecule has 0 spiro atoms. The lowest BCUT2D eigenvalue weighted by molar-refractivity contribution is -0.117. The summed E-state index contributed by atoms with van der Waals surface area (Å²) in [7, 11) is -1.51. The number of nitrogens with zero attached hydrogens (tertiary/aromatic N) is 7. The molecule has 270 valence electrons. The second-order valence-corrected chi connectivity index (χ2v) is 16.1. The molecule has 52 heavy (non-hydrogen) atoms. The summed E-state index contributed by atoms with van der Waals surface area (Å²) in [5.41, 5.74) is 5.33. The zero-order valence-corrected chi connectivity index (χ0v) is 30.0. The molecule has 1 aromatic carbocycles. The summed E-state index contributed by atoms with van der Waals surface area (Å²) in [5, 5.41) is 22.5. The Morgan fingerprint density at radius 1 is 0.942 bits per heavy atom. The number of hydrogen-bond donors (Lipinski definition) is 3. The second kappa shape index (κ2) is 13.0. The number of carbonyl (C=O) groups is 3. The first-order valence-corrected chi connectivity index (χ1v) is 19.4. The smallest absolute Gasteiger partial charge is 0.274 e. The maximum Gasteiger partial charge on any atom is 0.274 e. The van der Waals surface area contributed by atoms with Crippen LogP contribution in [0, 0.1) is 5.92 Å². The van der Waals surface area contributed by atoms with Crippen molar-refractivity contribution < 1.29 is 22.8 Å². The van der Waals surface area contributed by atoms with Crippen LogP contribution in [-0.2, 0) is 14.6 Å². The van der Waals surface area contributed by atoms with Crippen LogP contribution in [0.5, 0.6) is 0 Å². The van der Waals surface area contributed by atoms with E-state index in [-0.39, 0.29) is 69.7 Å². The highest BCUT2D eigenvalue weighted by Gasteiger charge is 2.40. The number of para-hydroxylation sites is 1. The van der Waals surface area contributed by atoms with Gasteiger partial charge in [-0.15, -0.1) is 10.2 Å². The molecule has 2 aliphatic carbocycles. The molecule has 16 heteroatoms. The van der Waals surface area contributed by atoms with Crippen LogP contribution in [0.2, 0.25) is 0 Å². The maximum atomic E-state index is 13.3. The van der Waals surface area contributed by atoms with Crippen molar-refractivity contribution in [3.05, 3.63) is 65.7 Å². The van der Waals surface area contributed by atoms with Crippen molar-refractivity contribution in [3.8, 4) is 11.1 Å². The molecule has 2 aliphatic heterocycles. The van der Waals surface area contributed by atoms with Crippen LogP contribution in [0.4, 0.5) is 22.9 Å². The van der Waals surface area contributed by atoms with Gasteiger partial charge in [-0.3, -0.25) is 19.1 Å². The van der Waals surface area contributed by atoms with Crippen LogP contribution < -0.4 is 20.9 Å². The van der Waals surface area contributed by atoms with Crippen LogP contribution in [0.1, 0.15) is 84.7 Å². The molecule has 4 aromatic rings. The van der Waals surface area contributed by atoms with Crippen molar-refractivity contribution in [2.24, 2.45) is 5.92 Å². The standard InChI is InChI=1S/C36H40N10O5S/c1-4-28-33-24(17-37-46(33)22-18-45(19-22)36(49)26-10-7-11-30(40-26)52(50,51)5-2)23-8-6-9-25(32(23)44(28)3)39-27-16-29(41-34(47)20-12-13-20)42-43-31(27)35(48)38-21-14-15-21/h6-11,16-17,20-22,28H,4-5,12-15,18-19H2,1-3H3,(H,38,48)(H2,39,41,42,47)/t28-/m0/s1. The van der Waals surface area contributed by atoms with E-state index in [1.807, 2.05) is 36.1 Å². The highest BCUT2D eigenvalue weighted by Crippen LogP contribution is 2.50. The van der Waals surface area contributed by atoms with Gasteiger partial charge in [0, 0.05) is 49.3 Å². The molecule has 1 saturated heterocycles. The van der Waals surface area contributed by atoms with Crippen molar-refractivity contribution in [2.75, 3.05) is 41.4 Å². The fourth-order valence-electron chi connectivity index (χ4n) is 6.96. The Morgan fingerprint density at radius 2 is 1.71 bits per heavy atom. The van der Waals surface area contributed by atoms with Gasteiger partial charge >= 0.3 is 0 Å². The van der Waals surface area contributed by atoms with Crippen LogP contribution in [-0.4, -0.2) is 87.9 Å². The predicted octanol–water partition coefficient (Wildman–Crippen LogP) is 4.11. The number of amides is 3. The summed E-state index contributed by atoms with van der Waals surface area (Å²) < 4.78 is 26.7. The van der Waals surface area contributed by atoms with Gasteiger partial charge in [0.15, 0.2) is 26.4 Å². The van der Waals surface area contributed by atoms with Gasteiger partial charge in [-0.2, -0.15) is 5.10 Å². The quantitative estimate of drug-likeness (QED) is 0.202. The van der Waals surface area contributed by atoms with Gasteiger partial charge in [0.25, 0.3) is 11.8 Å². The molecular weight excluding hydrogens is 685 g/mol. The third-order valence-corrected chi connectivity index (χ3v) is 11.8. The lowest BCUT2D eigenvalue weighted by Crippen LogP contribution is -2.52. The number of pyridine rings is 1. The van der Waals surface area contributed by atoms with Gasteiger partial charge in [-0.05, 0) is 50.3 Å². The van der Waals surface area contributed by atoms with E-state index in [9.17, 15) is 22.8 Å². The minimum Gasteiger partial charge on any atom is -0.364 e. The zero-order valence-electron chi connectivity index (χ0n) is 29.2. The second-order valence-electron chi connectivity index (χ2n) is 13.9. The molecule has 5 heterocycles. The van der Waals surface area contributed by atoms with E-state index in [4.69, 9.17) is 5.10 Å². The van der Waals surface area contributed by atoms with Gasteiger partial charge in [-0.1, -0.05) is 32.0 Å². The first kappa shape index (κ1) is 33.7. The normalized spacial score (nSPS) is 18.2. The SMILES string of the molecule is CC[C@H]1c2c(cnn2C2CN(C(=O)c3cccc(S(=O)(=O)CC)n3)C2)-c2cccc(Nc3cc(NC(=O)C4CC4)nnc3C(=O)NC3CC3)c2N1C. The fraction of sp³-hybridized carbons (Fsp3) is 0.417. The van der Waals surface area contributed by atoms with E-state index in [0.29, 0.717) is 18.8 Å². The van der Waals surface area contributed by atoms with Crippen LogP contribution in [0.25, 0.3) is 11.1 Å². The summed E-state index contributed by atoms with van der Waals surface area (Å²) in [6, 6.07) is 12.1. The van der Waals surface area contributed by atoms with Crippen molar-refractivity contribution in [3.63, 3.8) is 0 Å². The number of likely N-dealkylation sites (tertiary alicyclic amines) is 1. The van der Waals surface area contributed by atoms with Gasteiger partial charge in [0.1, 0.15) is 5.69 Å². The number of fused-ring (bicyclic) bond motifs is 3. The van der Waals surface area contributed by atoms with E-state index in [0.717, 1.165) is 60.3 Å². The molecule has 0 radical (unpaired) electrons. The van der Waals surface area contributed by atoms with E-state index in [1.165, 1.54) is 6.07 Å². The Kier molecular flexibility index (Phi) is 8.43. The molecule has 15 nitrogen and oxygen atoms in total. The van der Waals surface area contributed by atoms with E-state index in [2.05, 4.69) is 43.0 Å². The first-order chi connectivity index (χ1) is 25.1. The molecule has 0 unspecified atom stereocenters. The number of anilines is 4. The summed E-state index contributed by atoms with van der Waals surface area (Å²) in [6.07, 6.45) is 6.19. The third-order valence-electron chi connectivity index (χ3n) is 10.2. The number of rotatable bonds is 11. The Hall–Kier alpha value is -5.38. The molecule has 2 saturated carbocycles. The number of hydrogen-bond acceptors (Lipinski definition) is 11. The van der Waals surface area contributed by atoms with Crippen LogP contribution in [0.15, 0.2) is 53.7 Å². The van der Waals surface area contributed by atoms with Crippen molar-refractivity contribution >= 4 is 50.4 Å². The number of nitrogens with one attached hydrogen (secondary N) is 3. The van der Waals surface area contributed by atoms with E-state index in [1.54, 1.807) is 30.0 Å². The van der Waals surface area contributed by atoms with Crippen molar-refractivity contribution in [1.29, 1.82) is 0 Å². The largest absolute Gasteiger partial charge is 0.364 e. The van der Waals surface area contributed by atoms with Crippen LogP contribution in [0.3, 0.4) is 0 Å². The molecule has 3 fully saturated rings. The summed E-state index contributed by atoms with van der Waals surface area (Å²) >= 11 is 0. The molecule has 0 bridgehead atoms. The van der Waals surface area contributed by atoms with Gasteiger partial charge in [0.05, 0.1) is 46.8 Å². The number of sulfone groups is 1.